The maximum Gasteiger partial charge on any atom is 0.224 e. The van der Waals surface area contributed by atoms with Crippen LogP contribution in [0.5, 0.6) is 0 Å². The second-order valence-corrected chi connectivity index (χ2v) is 7.78. The molecule has 0 aliphatic carbocycles. The van der Waals surface area contributed by atoms with Crippen molar-refractivity contribution in [3.05, 3.63) is 16.5 Å². The van der Waals surface area contributed by atoms with E-state index in [2.05, 4.69) is 9.97 Å². The summed E-state index contributed by atoms with van der Waals surface area (Å²) >= 11 is 5.96. The summed E-state index contributed by atoms with van der Waals surface area (Å²) in [7, 11) is -3.10. The zero-order chi connectivity index (χ0) is 14.3. The van der Waals surface area contributed by atoms with Crippen molar-refractivity contribution in [2.24, 2.45) is 0 Å². The topological polar surface area (TPSA) is 83.4 Å². The van der Waals surface area contributed by atoms with E-state index in [1.165, 1.54) is 0 Å². The summed E-state index contributed by atoms with van der Waals surface area (Å²) in [6, 6.07) is -0.0188. The molecule has 0 saturated carbocycles. The molecule has 3 rings (SSSR count). The van der Waals surface area contributed by atoms with Crippen LogP contribution in [0, 0.1) is 0 Å². The lowest BCUT2D eigenvalue weighted by Gasteiger charge is -2.28. The van der Waals surface area contributed by atoms with Crippen LogP contribution in [0.4, 0.5) is 5.82 Å². The first kappa shape index (κ1) is 14.0. The van der Waals surface area contributed by atoms with Gasteiger partial charge in [0.05, 0.1) is 29.8 Å². The summed E-state index contributed by atoms with van der Waals surface area (Å²) in [4.78, 5) is 10.4. The molecule has 0 aromatic carbocycles. The minimum atomic E-state index is -3.10. The van der Waals surface area contributed by atoms with Crippen LogP contribution in [0.25, 0.3) is 0 Å². The number of aliphatic hydroxyl groups is 1. The number of hydrogen-bond acceptors (Lipinski definition) is 6. The molecule has 0 amide bonds. The number of nitrogens with zero attached hydrogens (tertiary/aromatic N) is 3. The number of fused-ring (bicyclic) bond motifs is 1. The van der Waals surface area contributed by atoms with Crippen molar-refractivity contribution in [2.75, 3.05) is 23.8 Å². The van der Waals surface area contributed by atoms with Crippen LogP contribution in [-0.4, -0.2) is 48.4 Å². The average Bonchev–Trinajstić information content (AvgIpc) is 2.86. The highest BCUT2D eigenvalue weighted by Crippen LogP contribution is 2.33. The molecule has 0 unspecified atom stereocenters. The number of halogens is 1. The van der Waals surface area contributed by atoms with Crippen LogP contribution in [0.15, 0.2) is 0 Å². The Morgan fingerprint density at radius 1 is 1.40 bits per heavy atom. The Kier molecular flexibility index (Phi) is 3.60. The van der Waals surface area contributed by atoms with Crippen molar-refractivity contribution in [1.29, 1.82) is 0 Å². The first-order chi connectivity index (χ1) is 9.50. The van der Waals surface area contributed by atoms with Gasteiger partial charge in [0.1, 0.15) is 5.82 Å². The van der Waals surface area contributed by atoms with E-state index in [1.807, 2.05) is 4.90 Å². The van der Waals surface area contributed by atoms with Crippen LogP contribution < -0.4 is 4.90 Å². The number of anilines is 1. The number of rotatable bonds is 2. The molecule has 1 atom stereocenters. The molecule has 6 nitrogen and oxygen atoms in total. The first-order valence-electron chi connectivity index (χ1n) is 6.63. The molecule has 1 N–H and O–H groups in total. The van der Waals surface area contributed by atoms with E-state index in [-0.39, 0.29) is 29.4 Å². The Morgan fingerprint density at radius 3 is 2.95 bits per heavy atom. The lowest BCUT2D eigenvalue weighted by molar-refractivity contribution is 0.266. The summed E-state index contributed by atoms with van der Waals surface area (Å²) in [6.07, 6.45) is 2.21. The molecule has 0 spiro atoms. The van der Waals surface area contributed by atoms with E-state index in [9.17, 15) is 13.5 Å². The summed E-state index contributed by atoms with van der Waals surface area (Å²) in [5.74, 6) is 0.652. The van der Waals surface area contributed by atoms with E-state index in [0.29, 0.717) is 17.8 Å². The average molecular weight is 318 g/mol. The zero-order valence-electron chi connectivity index (χ0n) is 10.9. The second kappa shape index (κ2) is 5.13. The molecule has 2 aliphatic rings. The standard InChI is InChI=1S/C12H16ClN3O3S/c13-12-14-10-3-5-20(18,19)7-9(10)11(15-12)16-4-1-2-8(16)6-17/h8,17H,1-7H2/t8-/m0/s1. The Bertz CT molecular complexity index is 635. The number of aryl methyl sites for hydroxylation is 1. The molecule has 0 bridgehead atoms. The molecule has 20 heavy (non-hydrogen) atoms. The maximum absolute atomic E-state index is 11.9. The van der Waals surface area contributed by atoms with Gasteiger partial charge in [-0.15, -0.1) is 0 Å². The molecule has 1 aromatic heterocycles. The summed E-state index contributed by atoms with van der Waals surface area (Å²) < 4.78 is 23.7. The smallest absolute Gasteiger partial charge is 0.224 e. The minimum absolute atomic E-state index is 0.0188. The van der Waals surface area contributed by atoms with Crippen LogP contribution in [0.2, 0.25) is 5.28 Å². The van der Waals surface area contributed by atoms with E-state index >= 15 is 0 Å². The second-order valence-electron chi connectivity index (χ2n) is 5.26. The third kappa shape index (κ3) is 2.49. The van der Waals surface area contributed by atoms with E-state index < -0.39 is 9.84 Å². The Hall–Kier alpha value is -0.920. The fraction of sp³-hybridized carbons (Fsp3) is 0.667. The van der Waals surface area contributed by atoms with Crippen molar-refractivity contribution < 1.29 is 13.5 Å². The van der Waals surface area contributed by atoms with Gasteiger partial charge in [0.25, 0.3) is 0 Å². The molecular weight excluding hydrogens is 302 g/mol. The SMILES string of the molecule is O=S1(=O)CCc2nc(Cl)nc(N3CCC[C@H]3CO)c2C1. The summed E-state index contributed by atoms with van der Waals surface area (Å²) in [5.41, 5.74) is 1.37. The highest BCUT2D eigenvalue weighted by Gasteiger charge is 2.32. The van der Waals surface area contributed by atoms with E-state index in [4.69, 9.17) is 11.6 Å². The van der Waals surface area contributed by atoms with Crippen LogP contribution >= 0.6 is 11.6 Å². The highest BCUT2D eigenvalue weighted by atomic mass is 35.5. The van der Waals surface area contributed by atoms with Crippen molar-refractivity contribution in [1.82, 2.24) is 9.97 Å². The molecule has 1 saturated heterocycles. The van der Waals surface area contributed by atoms with E-state index in [0.717, 1.165) is 25.1 Å². The predicted molar refractivity (Wildman–Crippen MR) is 75.7 cm³/mol. The lowest BCUT2D eigenvalue weighted by atomic mass is 10.1. The van der Waals surface area contributed by atoms with Gasteiger partial charge >= 0.3 is 0 Å². The minimum Gasteiger partial charge on any atom is -0.394 e. The number of sulfone groups is 1. The van der Waals surface area contributed by atoms with Gasteiger partial charge in [0.2, 0.25) is 5.28 Å². The highest BCUT2D eigenvalue weighted by molar-refractivity contribution is 7.90. The van der Waals surface area contributed by atoms with Crippen LogP contribution in [-0.2, 0) is 22.0 Å². The number of aliphatic hydroxyl groups excluding tert-OH is 1. The van der Waals surface area contributed by atoms with Gasteiger partial charge in [-0.2, -0.15) is 0 Å². The predicted octanol–water partition coefficient (Wildman–Crippen LogP) is 0.562. The zero-order valence-corrected chi connectivity index (χ0v) is 12.5. The van der Waals surface area contributed by atoms with Gasteiger partial charge in [-0.25, -0.2) is 18.4 Å². The molecule has 0 radical (unpaired) electrons. The first-order valence-corrected chi connectivity index (χ1v) is 8.83. The molecule has 1 aromatic rings. The molecular formula is C12H16ClN3O3S. The molecule has 110 valence electrons. The van der Waals surface area contributed by atoms with E-state index in [1.54, 1.807) is 0 Å². The molecule has 8 heteroatoms. The van der Waals surface area contributed by atoms with Gasteiger partial charge in [-0.05, 0) is 24.4 Å². The van der Waals surface area contributed by atoms with Gasteiger partial charge in [-0.3, -0.25) is 0 Å². The van der Waals surface area contributed by atoms with Crippen molar-refractivity contribution in [3.63, 3.8) is 0 Å². The van der Waals surface area contributed by atoms with Crippen LogP contribution in [0.1, 0.15) is 24.1 Å². The Morgan fingerprint density at radius 2 is 2.20 bits per heavy atom. The summed E-state index contributed by atoms with van der Waals surface area (Å²) in [5, 5.41) is 9.58. The summed E-state index contributed by atoms with van der Waals surface area (Å²) in [6.45, 7) is 0.786. The third-order valence-electron chi connectivity index (χ3n) is 3.92. The van der Waals surface area contributed by atoms with Gasteiger partial charge < -0.3 is 10.0 Å². The van der Waals surface area contributed by atoms with Gasteiger partial charge in [0.15, 0.2) is 9.84 Å². The normalized spacial score (nSPS) is 24.7. The molecule has 2 aliphatic heterocycles. The lowest BCUT2D eigenvalue weighted by Crippen LogP contribution is -2.35. The largest absolute Gasteiger partial charge is 0.394 e. The molecule has 1 fully saturated rings. The van der Waals surface area contributed by atoms with Crippen molar-refractivity contribution >= 4 is 27.3 Å². The fourth-order valence-corrected chi connectivity index (χ4v) is 4.49. The number of hydrogen-bond donors (Lipinski definition) is 1. The third-order valence-corrected chi connectivity index (χ3v) is 5.64. The molecule has 3 heterocycles. The van der Waals surface area contributed by atoms with Gasteiger partial charge in [0, 0.05) is 18.5 Å². The van der Waals surface area contributed by atoms with Gasteiger partial charge in [-0.1, -0.05) is 0 Å². The monoisotopic (exact) mass is 317 g/mol. The Labute approximate surface area is 122 Å². The number of aromatic nitrogens is 2. The van der Waals surface area contributed by atoms with Crippen molar-refractivity contribution in [2.45, 2.75) is 31.1 Å². The maximum atomic E-state index is 11.9. The van der Waals surface area contributed by atoms with Crippen molar-refractivity contribution in [3.8, 4) is 0 Å². The fourth-order valence-electron chi connectivity index (χ4n) is 2.93. The quantitative estimate of drug-likeness (QED) is 0.803. The Balaban J connectivity index is 2.09. The van der Waals surface area contributed by atoms with Crippen LogP contribution in [0.3, 0.4) is 0 Å².